The predicted molar refractivity (Wildman–Crippen MR) is 110 cm³/mol. The fraction of sp³-hybridized carbons (Fsp3) is 0.435. The molecule has 0 aliphatic heterocycles. The molecule has 28 heavy (non-hydrogen) atoms. The third-order valence-corrected chi connectivity index (χ3v) is 4.63. The zero-order valence-corrected chi connectivity index (χ0v) is 17.0. The minimum atomic E-state index is -0.233. The Morgan fingerprint density at radius 2 is 1.68 bits per heavy atom. The van der Waals surface area contributed by atoms with Gasteiger partial charge in [0.15, 0.2) is 17.3 Å². The highest BCUT2D eigenvalue weighted by molar-refractivity contribution is 6.02. The van der Waals surface area contributed by atoms with Crippen LogP contribution in [0.25, 0.3) is 0 Å². The highest BCUT2D eigenvalue weighted by Crippen LogP contribution is 2.45. The smallest absolute Gasteiger partial charge is 0.204 e. The van der Waals surface area contributed by atoms with Crippen molar-refractivity contribution in [2.45, 2.75) is 52.1 Å². The first-order valence-electron chi connectivity index (χ1n) is 9.80. The van der Waals surface area contributed by atoms with E-state index in [0.717, 1.165) is 31.2 Å². The number of unbranched alkanes of at least 4 members (excludes halogenated alkanes) is 4. The summed E-state index contributed by atoms with van der Waals surface area (Å²) >= 11 is 0. The molecular formula is C23H30O5. The quantitative estimate of drug-likeness (QED) is 0.384. The van der Waals surface area contributed by atoms with Crippen LogP contribution in [-0.2, 0) is 6.61 Å². The minimum Gasteiger partial charge on any atom is -0.504 e. The molecule has 0 unspecified atom stereocenters. The number of rotatable bonds is 12. The minimum absolute atomic E-state index is 0.142. The van der Waals surface area contributed by atoms with E-state index in [1.165, 1.54) is 20.6 Å². The van der Waals surface area contributed by atoms with Crippen LogP contribution in [0.5, 0.6) is 23.0 Å². The van der Waals surface area contributed by atoms with Gasteiger partial charge in [-0.2, -0.15) is 0 Å². The van der Waals surface area contributed by atoms with Crippen LogP contribution in [0, 0.1) is 0 Å². The molecule has 2 rings (SSSR count). The van der Waals surface area contributed by atoms with Gasteiger partial charge < -0.3 is 19.3 Å². The third-order valence-electron chi connectivity index (χ3n) is 4.63. The summed E-state index contributed by atoms with van der Waals surface area (Å²) in [6, 6.07) is 11.3. The van der Waals surface area contributed by atoms with Crippen molar-refractivity contribution < 1.29 is 24.1 Å². The van der Waals surface area contributed by atoms with Gasteiger partial charge in [-0.25, -0.2) is 0 Å². The number of aromatic hydroxyl groups is 1. The van der Waals surface area contributed by atoms with Gasteiger partial charge in [-0.3, -0.25) is 4.79 Å². The highest BCUT2D eigenvalue weighted by atomic mass is 16.5. The molecule has 5 nitrogen and oxygen atoms in total. The number of methoxy groups -OCH3 is 2. The molecule has 5 heteroatoms. The van der Waals surface area contributed by atoms with E-state index in [1.54, 1.807) is 6.07 Å². The van der Waals surface area contributed by atoms with Gasteiger partial charge in [0, 0.05) is 12.5 Å². The van der Waals surface area contributed by atoms with Crippen LogP contribution in [-0.4, -0.2) is 25.1 Å². The van der Waals surface area contributed by atoms with E-state index in [4.69, 9.17) is 14.2 Å². The Bertz CT molecular complexity index is 755. The Kier molecular flexibility index (Phi) is 8.66. The largest absolute Gasteiger partial charge is 0.504 e. The number of phenolic OH excluding ortho intramolecular Hbond substituents is 1. The number of ether oxygens (including phenoxy) is 3. The van der Waals surface area contributed by atoms with Gasteiger partial charge in [-0.05, 0) is 12.0 Å². The van der Waals surface area contributed by atoms with Crippen LogP contribution in [0.1, 0.15) is 61.4 Å². The summed E-state index contributed by atoms with van der Waals surface area (Å²) in [5.41, 5.74) is 1.12. The van der Waals surface area contributed by atoms with Crippen LogP contribution < -0.4 is 14.2 Å². The Balaban J connectivity index is 2.25. The Morgan fingerprint density at radius 1 is 0.964 bits per heavy atom. The third kappa shape index (κ3) is 5.65. The number of Topliss-reactive ketones (excluding diaryl/α,β-unsaturated/α-hetero) is 1. The number of hydrogen-bond acceptors (Lipinski definition) is 5. The average Bonchev–Trinajstić information content (AvgIpc) is 2.72. The molecule has 0 fully saturated rings. The molecule has 0 bridgehead atoms. The molecule has 0 radical (unpaired) electrons. The molecule has 0 atom stereocenters. The number of benzene rings is 2. The van der Waals surface area contributed by atoms with Crippen LogP contribution in [0.3, 0.4) is 0 Å². The summed E-state index contributed by atoms with van der Waals surface area (Å²) in [6.07, 6.45) is 5.56. The van der Waals surface area contributed by atoms with Gasteiger partial charge >= 0.3 is 0 Å². The normalized spacial score (nSPS) is 10.5. The molecule has 0 aliphatic rings. The molecule has 152 valence electrons. The highest BCUT2D eigenvalue weighted by Gasteiger charge is 2.25. The molecule has 0 saturated heterocycles. The first-order valence-corrected chi connectivity index (χ1v) is 9.80. The molecule has 0 heterocycles. The van der Waals surface area contributed by atoms with Gasteiger partial charge in [0.25, 0.3) is 0 Å². The van der Waals surface area contributed by atoms with Gasteiger partial charge in [0.2, 0.25) is 5.75 Å². The second kappa shape index (κ2) is 11.2. The zero-order valence-electron chi connectivity index (χ0n) is 17.0. The first kappa shape index (κ1) is 21.6. The van der Waals surface area contributed by atoms with Crippen molar-refractivity contribution in [1.29, 1.82) is 0 Å². The number of ketones is 1. The number of carbonyl (C=O) groups excluding carboxylic acids is 1. The molecule has 0 amide bonds. The Morgan fingerprint density at radius 3 is 2.32 bits per heavy atom. The van der Waals surface area contributed by atoms with Gasteiger partial charge in [-0.15, -0.1) is 0 Å². The lowest BCUT2D eigenvalue weighted by Gasteiger charge is -2.17. The molecule has 0 aromatic heterocycles. The van der Waals surface area contributed by atoms with Crippen LogP contribution in [0.4, 0.5) is 0 Å². The number of hydrogen-bond donors (Lipinski definition) is 1. The monoisotopic (exact) mass is 386 g/mol. The van der Waals surface area contributed by atoms with Crippen molar-refractivity contribution in [2.24, 2.45) is 0 Å². The maximum absolute atomic E-state index is 12.9. The fourth-order valence-corrected chi connectivity index (χ4v) is 3.09. The van der Waals surface area contributed by atoms with Crippen molar-refractivity contribution in [3.8, 4) is 23.0 Å². The average molecular weight is 386 g/mol. The van der Waals surface area contributed by atoms with Gasteiger partial charge in [0.1, 0.15) is 17.9 Å². The van der Waals surface area contributed by atoms with Gasteiger partial charge in [0.05, 0.1) is 14.2 Å². The Hall–Kier alpha value is -2.69. The summed E-state index contributed by atoms with van der Waals surface area (Å²) in [4.78, 5) is 12.9. The predicted octanol–water partition coefficient (Wildman–Crippen LogP) is 5.53. The first-order chi connectivity index (χ1) is 13.6. The van der Waals surface area contributed by atoms with E-state index in [9.17, 15) is 9.90 Å². The molecule has 0 spiro atoms. The number of carbonyl (C=O) groups is 1. The molecule has 1 N–H and O–H groups in total. The van der Waals surface area contributed by atoms with Gasteiger partial charge in [-0.1, -0.05) is 62.9 Å². The molecule has 0 aliphatic carbocycles. The van der Waals surface area contributed by atoms with Crippen molar-refractivity contribution in [3.63, 3.8) is 0 Å². The summed E-state index contributed by atoms with van der Waals surface area (Å²) in [5, 5.41) is 10.7. The second-order valence-electron chi connectivity index (χ2n) is 6.70. The maximum Gasteiger partial charge on any atom is 0.204 e. The molecule has 0 saturated carbocycles. The van der Waals surface area contributed by atoms with Crippen LogP contribution in [0.15, 0.2) is 36.4 Å². The van der Waals surface area contributed by atoms with E-state index >= 15 is 0 Å². The standard InChI is InChI=1S/C23H30O5/c1-4-5-6-7-11-14-18(24)21-19(28-16-17-12-9-8-10-13-17)15-20(26-2)23(27-3)22(21)25/h8-10,12-13,15,25H,4-7,11,14,16H2,1-3H3. The fourth-order valence-electron chi connectivity index (χ4n) is 3.09. The van der Waals surface area contributed by atoms with Crippen LogP contribution in [0.2, 0.25) is 0 Å². The van der Waals surface area contributed by atoms with Crippen molar-refractivity contribution >= 4 is 5.78 Å². The van der Waals surface area contributed by atoms with E-state index in [1.807, 2.05) is 30.3 Å². The SMILES string of the molecule is CCCCCCCC(=O)c1c(OCc2ccccc2)cc(OC)c(OC)c1O. The number of phenols is 1. The summed E-state index contributed by atoms with van der Waals surface area (Å²) < 4.78 is 16.4. The molecular weight excluding hydrogens is 356 g/mol. The summed E-state index contributed by atoms with van der Waals surface area (Å²) in [7, 11) is 2.91. The second-order valence-corrected chi connectivity index (χ2v) is 6.70. The lowest BCUT2D eigenvalue weighted by molar-refractivity contribution is 0.0971. The van der Waals surface area contributed by atoms with Crippen molar-refractivity contribution in [3.05, 3.63) is 47.5 Å². The van der Waals surface area contributed by atoms with Crippen molar-refractivity contribution in [1.82, 2.24) is 0 Å². The maximum atomic E-state index is 12.9. The van der Waals surface area contributed by atoms with E-state index in [0.29, 0.717) is 17.9 Å². The summed E-state index contributed by atoms with van der Waals surface area (Å²) in [6.45, 7) is 2.44. The zero-order chi connectivity index (χ0) is 20.4. The molecule has 2 aromatic carbocycles. The van der Waals surface area contributed by atoms with E-state index in [2.05, 4.69) is 6.92 Å². The topological polar surface area (TPSA) is 65.0 Å². The van der Waals surface area contributed by atoms with E-state index in [-0.39, 0.29) is 29.5 Å². The lowest BCUT2D eigenvalue weighted by atomic mass is 10.0. The van der Waals surface area contributed by atoms with E-state index < -0.39 is 0 Å². The van der Waals surface area contributed by atoms with Crippen LogP contribution >= 0.6 is 0 Å². The lowest BCUT2D eigenvalue weighted by Crippen LogP contribution is -2.07. The summed E-state index contributed by atoms with van der Waals surface area (Å²) in [5.74, 6) is 0.380. The van der Waals surface area contributed by atoms with Crippen molar-refractivity contribution in [2.75, 3.05) is 14.2 Å². The molecule has 2 aromatic rings. The Labute approximate surface area is 167 Å².